The van der Waals surface area contributed by atoms with Crippen LogP contribution in [-0.4, -0.2) is 77.5 Å². The minimum atomic E-state index is -1.05. The molecule has 1 rings (SSSR count). The van der Waals surface area contributed by atoms with E-state index in [4.69, 9.17) is 5.11 Å². The molecule has 114 valence electrons. The number of likely N-dealkylation sites (N-methyl/N-ethyl adjacent to an activating group) is 1. The Kier molecular flexibility index (Phi) is 6.63. The molecule has 0 bridgehead atoms. The normalized spacial score (nSPS) is 17.6. The van der Waals surface area contributed by atoms with Crippen LogP contribution in [0.25, 0.3) is 0 Å². The number of hydrogen-bond donors (Lipinski definition) is 2. The summed E-state index contributed by atoms with van der Waals surface area (Å²) >= 11 is 1.53. The SMILES string of the molecule is CSCC[C@H](NC(=O)N1CCCN(C)C(=O)C1)C(=O)O. The van der Waals surface area contributed by atoms with E-state index in [0.29, 0.717) is 31.7 Å². The predicted molar refractivity (Wildman–Crippen MR) is 76.8 cm³/mol. The number of carboxylic acids is 1. The van der Waals surface area contributed by atoms with E-state index in [1.54, 1.807) is 11.9 Å². The number of amides is 3. The van der Waals surface area contributed by atoms with Crippen molar-refractivity contribution in [2.75, 3.05) is 38.7 Å². The number of carbonyl (C=O) groups is 3. The fourth-order valence-corrected chi connectivity index (χ4v) is 2.36. The Morgan fingerprint density at radius 2 is 2.15 bits per heavy atom. The van der Waals surface area contributed by atoms with Crippen LogP contribution in [0.1, 0.15) is 12.8 Å². The average molecular weight is 303 g/mol. The molecule has 1 aliphatic heterocycles. The number of urea groups is 1. The van der Waals surface area contributed by atoms with Crippen LogP contribution < -0.4 is 5.32 Å². The molecule has 0 aromatic carbocycles. The van der Waals surface area contributed by atoms with Crippen LogP contribution in [0.5, 0.6) is 0 Å². The molecule has 3 amide bonds. The molecule has 0 saturated carbocycles. The maximum atomic E-state index is 12.1. The van der Waals surface area contributed by atoms with Crippen molar-refractivity contribution >= 4 is 29.7 Å². The van der Waals surface area contributed by atoms with E-state index in [2.05, 4.69) is 5.32 Å². The topological polar surface area (TPSA) is 90.0 Å². The third kappa shape index (κ3) is 4.92. The van der Waals surface area contributed by atoms with Gasteiger partial charge in [-0.05, 0) is 24.9 Å². The molecule has 0 spiro atoms. The van der Waals surface area contributed by atoms with Gasteiger partial charge in [-0.25, -0.2) is 9.59 Å². The zero-order chi connectivity index (χ0) is 15.1. The molecule has 1 fully saturated rings. The van der Waals surface area contributed by atoms with Gasteiger partial charge in [0.05, 0.1) is 0 Å². The van der Waals surface area contributed by atoms with Gasteiger partial charge < -0.3 is 20.2 Å². The van der Waals surface area contributed by atoms with Crippen molar-refractivity contribution in [1.82, 2.24) is 15.1 Å². The Bertz CT molecular complexity index is 378. The number of carboxylic acid groups (broad SMARTS) is 1. The van der Waals surface area contributed by atoms with E-state index in [0.717, 1.165) is 0 Å². The minimum Gasteiger partial charge on any atom is -0.480 e. The van der Waals surface area contributed by atoms with Crippen LogP contribution >= 0.6 is 11.8 Å². The van der Waals surface area contributed by atoms with E-state index in [1.165, 1.54) is 16.7 Å². The standard InChI is InChI=1S/C12H21N3O4S/c1-14-5-3-6-15(8-10(14)16)12(19)13-9(11(17)18)4-7-20-2/h9H,3-8H2,1-2H3,(H,13,19)(H,17,18)/t9-/m0/s1. The lowest BCUT2D eigenvalue weighted by Crippen LogP contribution is -2.49. The largest absolute Gasteiger partial charge is 0.480 e. The molecule has 0 radical (unpaired) electrons. The predicted octanol–water partition coefficient (Wildman–Crippen LogP) is 0.0664. The summed E-state index contributed by atoms with van der Waals surface area (Å²) in [7, 11) is 1.70. The fraction of sp³-hybridized carbons (Fsp3) is 0.750. The first-order valence-electron chi connectivity index (χ1n) is 6.47. The number of nitrogens with one attached hydrogen (secondary N) is 1. The summed E-state index contributed by atoms with van der Waals surface area (Å²) < 4.78 is 0. The molecule has 2 N–H and O–H groups in total. The van der Waals surface area contributed by atoms with Gasteiger partial charge in [0, 0.05) is 20.1 Å². The zero-order valence-electron chi connectivity index (χ0n) is 11.8. The molecule has 0 unspecified atom stereocenters. The van der Waals surface area contributed by atoms with Gasteiger partial charge in [0.15, 0.2) is 0 Å². The van der Waals surface area contributed by atoms with Gasteiger partial charge in [0.25, 0.3) is 0 Å². The van der Waals surface area contributed by atoms with Crippen LogP contribution in [0, 0.1) is 0 Å². The Balaban J connectivity index is 2.59. The molecule has 7 nitrogen and oxygen atoms in total. The summed E-state index contributed by atoms with van der Waals surface area (Å²) in [4.78, 5) is 37.8. The van der Waals surface area contributed by atoms with Gasteiger partial charge in [-0.2, -0.15) is 11.8 Å². The molecule has 0 aliphatic carbocycles. The molecule has 1 saturated heterocycles. The number of rotatable bonds is 5. The van der Waals surface area contributed by atoms with Crippen molar-refractivity contribution in [1.29, 1.82) is 0 Å². The lowest BCUT2D eigenvalue weighted by molar-refractivity contribution is -0.139. The van der Waals surface area contributed by atoms with Gasteiger partial charge in [0.1, 0.15) is 12.6 Å². The highest BCUT2D eigenvalue weighted by Gasteiger charge is 2.26. The average Bonchev–Trinajstić information content (AvgIpc) is 2.56. The van der Waals surface area contributed by atoms with Crippen LogP contribution in [-0.2, 0) is 9.59 Å². The molecule has 1 heterocycles. The summed E-state index contributed by atoms with van der Waals surface area (Å²) in [6.45, 7) is 1.06. The summed E-state index contributed by atoms with van der Waals surface area (Å²) in [5.74, 6) is -0.529. The monoisotopic (exact) mass is 303 g/mol. The van der Waals surface area contributed by atoms with Gasteiger partial charge in [-0.15, -0.1) is 0 Å². The van der Waals surface area contributed by atoms with Gasteiger partial charge in [0.2, 0.25) is 5.91 Å². The number of aliphatic carboxylic acids is 1. The zero-order valence-corrected chi connectivity index (χ0v) is 12.6. The van der Waals surface area contributed by atoms with Crippen molar-refractivity contribution in [3.8, 4) is 0 Å². The molecule has 1 atom stereocenters. The summed E-state index contributed by atoms with van der Waals surface area (Å²) in [6, 6.07) is -1.40. The third-order valence-corrected chi connectivity index (χ3v) is 3.81. The van der Waals surface area contributed by atoms with E-state index >= 15 is 0 Å². The minimum absolute atomic E-state index is 0.00278. The molecule has 20 heavy (non-hydrogen) atoms. The van der Waals surface area contributed by atoms with Crippen LogP contribution in [0.4, 0.5) is 4.79 Å². The number of thioether (sulfide) groups is 1. The summed E-state index contributed by atoms with van der Waals surface area (Å²) in [5.41, 5.74) is 0. The van der Waals surface area contributed by atoms with E-state index in [1.807, 2.05) is 6.26 Å². The Hall–Kier alpha value is -1.44. The highest BCUT2D eigenvalue weighted by Crippen LogP contribution is 2.05. The highest BCUT2D eigenvalue weighted by atomic mass is 32.2. The van der Waals surface area contributed by atoms with Crippen molar-refractivity contribution < 1.29 is 19.5 Å². The quantitative estimate of drug-likeness (QED) is 0.750. The second-order valence-corrected chi connectivity index (χ2v) is 5.70. The Morgan fingerprint density at radius 3 is 2.75 bits per heavy atom. The van der Waals surface area contributed by atoms with Crippen LogP contribution in [0.2, 0.25) is 0 Å². The molecule has 0 aromatic heterocycles. The molecular formula is C12H21N3O4S. The molecule has 1 aliphatic rings. The molecular weight excluding hydrogens is 282 g/mol. The lowest BCUT2D eigenvalue weighted by Gasteiger charge is -2.23. The van der Waals surface area contributed by atoms with E-state index in [9.17, 15) is 14.4 Å². The number of hydrogen-bond acceptors (Lipinski definition) is 4. The van der Waals surface area contributed by atoms with E-state index < -0.39 is 18.0 Å². The van der Waals surface area contributed by atoms with E-state index in [-0.39, 0.29) is 12.5 Å². The summed E-state index contributed by atoms with van der Waals surface area (Å²) in [5, 5.41) is 11.6. The first-order chi connectivity index (χ1) is 9.45. The lowest BCUT2D eigenvalue weighted by atomic mass is 10.2. The highest BCUT2D eigenvalue weighted by molar-refractivity contribution is 7.98. The number of nitrogens with zero attached hydrogens (tertiary/aromatic N) is 2. The Morgan fingerprint density at radius 1 is 1.45 bits per heavy atom. The maximum Gasteiger partial charge on any atom is 0.326 e. The first kappa shape index (κ1) is 16.6. The van der Waals surface area contributed by atoms with Crippen LogP contribution in [0.15, 0.2) is 0 Å². The van der Waals surface area contributed by atoms with Crippen molar-refractivity contribution in [3.05, 3.63) is 0 Å². The van der Waals surface area contributed by atoms with Crippen molar-refractivity contribution in [3.63, 3.8) is 0 Å². The smallest absolute Gasteiger partial charge is 0.326 e. The fourth-order valence-electron chi connectivity index (χ4n) is 1.89. The second kappa shape index (κ2) is 7.98. The van der Waals surface area contributed by atoms with Crippen molar-refractivity contribution in [2.24, 2.45) is 0 Å². The maximum absolute atomic E-state index is 12.1. The van der Waals surface area contributed by atoms with Gasteiger partial charge in [-0.3, -0.25) is 4.79 Å². The second-order valence-electron chi connectivity index (χ2n) is 4.71. The van der Waals surface area contributed by atoms with Crippen LogP contribution in [0.3, 0.4) is 0 Å². The molecule has 8 heteroatoms. The van der Waals surface area contributed by atoms with Gasteiger partial charge in [-0.1, -0.05) is 0 Å². The number of carbonyl (C=O) groups excluding carboxylic acids is 2. The van der Waals surface area contributed by atoms with Gasteiger partial charge >= 0.3 is 12.0 Å². The van der Waals surface area contributed by atoms with Crippen molar-refractivity contribution in [2.45, 2.75) is 18.9 Å². The summed E-state index contributed by atoms with van der Waals surface area (Å²) in [6.07, 6.45) is 2.94. The molecule has 0 aromatic rings. The first-order valence-corrected chi connectivity index (χ1v) is 7.86. The Labute approximate surface area is 122 Å². The third-order valence-electron chi connectivity index (χ3n) is 3.17.